The van der Waals surface area contributed by atoms with E-state index in [1.165, 1.54) is 0 Å². The number of halogens is 2. The lowest BCUT2D eigenvalue weighted by atomic mass is 9.98. The zero-order valence-corrected chi connectivity index (χ0v) is 18.0. The molecule has 0 spiro atoms. The van der Waals surface area contributed by atoms with Gasteiger partial charge < -0.3 is 9.84 Å². The molecule has 0 saturated heterocycles. The Morgan fingerprint density at radius 2 is 1.52 bits per heavy atom. The van der Waals surface area contributed by atoms with Crippen LogP contribution in [-0.2, 0) is 9.53 Å². The summed E-state index contributed by atoms with van der Waals surface area (Å²) in [4.78, 5) is 26.1. The van der Waals surface area contributed by atoms with E-state index in [1.54, 1.807) is 6.92 Å². The van der Waals surface area contributed by atoms with Crippen molar-refractivity contribution in [1.82, 2.24) is 4.90 Å². The first kappa shape index (κ1) is 22.5. The SMILES string of the molecule is CCCN(C(=O)OCC1c2ccccc2-c2ccccc21)C(C(=O)O)c1cc(F)cc(F)c1. The van der Waals surface area contributed by atoms with Crippen molar-refractivity contribution < 1.29 is 28.2 Å². The van der Waals surface area contributed by atoms with Crippen LogP contribution in [0.25, 0.3) is 11.1 Å². The Bertz CT molecular complexity index is 1130. The number of ether oxygens (including phenoxy) is 1. The molecule has 1 amide bonds. The normalized spacial score (nSPS) is 13.2. The number of carbonyl (C=O) groups excluding carboxylic acids is 1. The van der Waals surface area contributed by atoms with Crippen LogP contribution in [0, 0.1) is 11.6 Å². The highest BCUT2D eigenvalue weighted by atomic mass is 19.1. The molecule has 3 aromatic rings. The van der Waals surface area contributed by atoms with Gasteiger partial charge in [-0.3, -0.25) is 4.90 Å². The number of hydrogen-bond donors (Lipinski definition) is 1. The fourth-order valence-electron chi connectivity index (χ4n) is 4.43. The van der Waals surface area contributed by atoms with E-state index in [4.69, 9.17) is 4.74 Å². The van der Waals surface area contributed by atoms with Gasteiger partial charge in [-0.1, -0.05) is 55.5 Å². The van der Waals surface area contributed by atoms with E-state index in [2.05, 4.69) is 0 Å². The van der Waals surface area contributed by atoms with Crippen LogP contribution in [-0.4, -0.2) is 35.2 Å². The molecule has 33 heavy (non-hydrogen) atoms. The first-order chi connectivity index (χ1) is 15.9. The zero-order valence-electron chi connectivity index (χ0n) is 18.0. The van der Waals surface area contributed by atoms with Crippen molar-refractivity contribution in [3.05, 3.63) is 95.1 Å². The minimum atomic E-state index is -1.58. The number of carbonyl (C=O) groups is 2. The maximum atomic E-state index is 13.8. The number of benzene rings is 3. The van der Waals surface area contributed by atoms with Crippen LogP contribution in [0.3, 0.4) is 0 Å². The second-order valence-corrected chi connectivity index (χ2v) is 7.94. The largest absolute Gasteiger partial charge is 0.479 e. The van der Waals surface area contributed by atoms with Gasteiger partial charge in [0.05, 0.1) is 0 Å². The van der Waals surface area contributed by atoms with Crippen molar-refractivity contribution in [3.8, 4) is 11.1 Å². The molecule has 1 unspecified atom stereocenters. The summed E-state index contributed by atoms with van der Waals surface area (Å²) in [5, 5.41) is 9.80. The molecule has 3 aromatic carbocycles. The van der Waals surface area contributed by atoms with Gasteiger partial charge in [0, 0.05) is 18.5 Å². The van der Waals surface area contributed by atoms with E-state index >= 15 is 0 Å². The second-order valence-electron chi connectivity index (χ2n) is 7.94. The van der Waals surface area contributed by atoms with Crippen molar-refractivity contribution in [2.24, 2.45) is 0 Å². The molecular formula is C26H23F2NO4. The van der Waals surface area contributed by atoms with Crippen molar-refractivity contribution in [3.63, 3.8) is 0 Å². The van der Waals surface area contributed by atoms with Gasteiger partial charge in [0.25, 0.3) is 0 Å². The third-order valence-electron chi connectivity index (χ3n) is 5.78. The molecule has 7 heteroatoms. The number of nitrogens with zero attached hydrogens (tertiary/aromatic N) is 1. The molecule has 1 atom stereocenters. The minimum Gasteiger partial charge on any atom is -0.479 e. The lowest BCUT2D eigenvalue weighted by Gasteiger charge is -2.29. The molecule has 170 valence electrons. The van der Waals surface area contributed by atoms with E-state index in [-0.39, 0.29) is 24.6 Å². The van der Waals surface area contributed by atoms with Gasteiger partial charge in [0.2, 0.25) is 0 Å². The number of rotatable bonds is 7. The molecule has 4 rings (SSSR count). The first-order valence-corrected chi connectivity index (χ1v) is 10.7. The molecule has 5 nitrogen and oxygen atoms in total. The Morgan fingerprint density at radius 1 is 0.970 bits per heavy atom. The molecular weight excluding hydrogens is 428 g/mol. The summed E-state index contributed by atoms with van der Waals surface area (Å²) in [5.74, 6) is -3.43. The molecule has 0 radical (unpaired) electrons. The van der Waals surface area contributed by atoms with Crippen molar-refractivity contribution >= 4 is 12.1 Å². The highest BCUT2D eigenvalue weighted by Gasteiger charge is 2.34. The number of aliphatic carboxylic acids is 1. The van der Waals surface area contributed by atoms with Crippen LogP contribution in [0.2, 0.25) is 0 Å². The zero-order chi connectivity index (χ0) is 23.5. The molecule has 1 aliphatic carbocycles. The van der Waals surface area contributed by atoms with E-state index < -0.39 is 29.7 Å². The summed E-state index contributed by atoms with van der Waals surface area (Å²) >= 11 is 0. The standard InChI is InChI=1S/C26H23F2NO4/c1-2-11-29(24(25(30)31)16-12-17(27)14-18(28)13-16)26(32)33-15-23-21-9-5-3-7-19(21)20-8-4-6-10-22(20)23/h3-10,12-14,23-24H,2,11,15H2,1H3,(H,30,31). The van der Waals surface area contributed by atoms with E-state index in [0.717, 1.165) is 39.3 Å². The van der Waals surface area contributed by atoms with Gasteiger partial charge in [-0.2, -0.15) is 0 Å². The number of fused-ring (bicyclic) bond motifs is 3. The molecule has 0 heterocycles. The summed E-state index contributed by atoms with van der Waals surface area (Å²) in [6.07, 6.45) is -0.415. The predicted octanol–water partition coefficient (Wildman–Crippen LogP) is 5.75. The Morgan fingerprint density at radius 3 is 2.03 bits per heavy atom. The van der Waals surface area contributed by atoms with Gasteiger partial charge in [-0.25, -0.2) is 18.4 Å². The molecule has 0 aromatic heterocycles. The predicted molar refractivity (Wildman–Crippen MR) is 119 cm³/mol. The summed E-state index contributed by atoms with van der Waals surface area (Å²) in [5.41, 5.74) is 4.02. The van der Waals surface area contributed by atoms with Crippen LogP contribution in [0.1, 0.15) is 42.0 Å². The van der Waals surface area contributed by atoms with E-state index in [1.807, 2.05) is 48.5 Å². The van der Waals surface area contributed by atoms with Crippen LogP contribution < -0.4 is 0 Å². The average Bonchev–Trinajstić information content (AvgIpc) is 3.10. The average molecular weight is 451 g/mol. The fourth-order valence-corrected chi connectivity index (χ4v) is 4.43. The van der Waals surface area contributed by atoms with Gasteiger partial charge in [-0.15, -0.1) is 0 Å². The highest BCUT2D eigenvalue weighted by Crippen LogP contribution is 2.44. The Kier molecular flexibility index (Phi) is 6.40. The topological polar surface area (TPSA) is 66.8 Å². The summed E-state index contributed by atoms with van der Waals surface area (Å²) in [7, 11) is 0. The molecule has 0 bridgehead atoms. The quantitative estimate of drug-likeness (QED) is 0.497. The number of carboxylic acids is 1. The summed E-state index contributed by atoms with van der Waals surface area (Å²) in [6.45, 7) is 1.83. The summed E-state index contributed by atoms with van der Waals surface area (Å²) < 4.78 is 33.1. The Labute approximate surface area is 190 Å². The third kappa shape index (κ3) is 4.44. The minimum absolute atomic E-state index is 0.0108. The van der Waals surface area contributed by atoms with Gasteiger partial charge in [0.15, 0.2) is 6.04 Å². The second kappa shape index (κ2) is 9.40. The van der Waals surface area contributed by atoms with Gasteiger partial charge in [-0.05, 0) is 46.4 Å². The maximum absolute atomic E-state index is 13.8. The van der Waals surface area contributed by atoms with Crippen LogP contribution >= 0.6 is 0 Å². The molecule has 0 aliphatic heterocycles. The number of carboxylic acid groups (broad SMARTS) is 1. The van der Waals surface area contributed by atoms with Crippen LogP contribution in [0.4, 0.5) is 13.6 Å². The van der Waals surface area contributed by atoms with Crippen molar-refractivity contribution in [2.45, 2.75) is 25.3 Å². The fraction of sp³-hybridized carbons (Fsp3) is 0.231. The van der Waals surface area contributed by atoms with Gasteiger partial charge in [0.1, 0.15) is 18.2 Å². The molecule has 0 fully saturated rings. The number of amides is 1. The van der Waals surface area contributed by atoms with E-state index in [0.29, 0.717) is 12.5 Å². The smallest absolute Gasteiger partial charge is 0.410 e. The maximum Gasteiger partial charge on any atom is 0.410 e. The Hall–Kier alpha value is -3.74. The van der Waals surface area contributed by atoms with Gasteiger partial charge >= 0.3 is 12.1 Å². The molecule has 0 saturated carbocycles. The van der Waals surface area contributed by atoms with Crippen molar-refractivity contribution in [2.75, 3.05) is 13.2 Å². The number of hydrogen-bond acceptors (Lipinski definition) is 3. The monoisotopic (exact) mass is 451 g/mol. The van der Waals surface area contributed by atoms with E-state index in [9.17, 15) is 23.5 Å². The van der Waals surface area contributed by atoms with Crippen LogP contribution in [0.5, 0.6) is 0 Å². The lowest BCUT2D eigenvalue weighted by Crippen LogP contribution is -2.40. The van der Waals surface area contributed by atoms with Crippen LogP contribution in [0.15, 0.2) is 66.7 Å². The third-order valence-corrected chi connectivity index (χ3v) is 5.78. The highest BCUT2D eigenvalue weighted by molar-refractivity contribution is 5.82. The first-order valence-electron chi connectivity index (χ1n) is 10.7. The molecule has 1 N–H and O–H groups in total. The molecule has 1 aliphatic rings. The lowest BCUT2D eigenvalue weighted by molar-refractivity contribution is -0.143. The van der Waals surface area contributed by atoms with Crippen molar-refractivity contribution in [1.29, 1.82) is 0 Å². The Balaban J connectivity index is 1.60. The summed E-state index contributed by atoms with van der Waals surface area (Å²) in [6, 6.07) is 16.6.